The molecule has 2 aromatic carbocycles. The molecule has 1 amide bonds. The molecule has 3 rings (SSSR count). The lowest BCUT2D eigenvalue weighted by molar-refractivity contribution is 0.102. The lowest BCUT2D eigenvalue weighted by Crippen LogP contribution is -2.13. The summed E-state index contributed by atoms with van der Waals surface area (Å²) in [6.45, 7) is 0. The van der Waals surface area contributed by atoms with Crippen molar-refractivity contribution in [1.29, 1.82) is 0 Å². The topological polar surface area (TPSA) is 64.4 Å². The van der Waals surface area contributed by atoms with E-state index in [0.29, 0.717) is 22.7 Å². The molecule has 100 valence electrons. The van der Waals surface area contributed by atoms with Crippen LogP contribution in [0.3, 0.4) is 0 Å². The number of nitrogens with one attached hydrogen (secondary N) is 1. The van der Waals surface area contributed by atoms with Crippen molar-refractivity contribution in [2.45, 2.75) is 0 Å². The minimum absolute atomic E-state index is 0.290. The molecule has 0 aliphatic heterocycles. The maximum Gasteiger partial charge on any atom is 0.260 e. The van der Waals surface area contributed by atoms with Crippen LogP contribution in [0.5, 0.6) is 5.75 Å². The zero-order valence-electron chi connectivity index (χ0n) is 10.8. The predicted octanol–water partition coefficient (Wildman–Crippen LogP) is 3.09. The van der Waals surface area contributed by atoms with Gasteiger partial charge in [0.2, 0.25) is 0 Å². The van der Waals surface area contributed by atoms with Gasteiger partial charge in [-0.3, -0.25) is 4.79 Å². The van der Waals surface area contributed by atoms with Gasteiger partial charge in [-0.2, -0.15) is 0 Å². The summed E-state index contributed by atoms with van der Waals surface area (Å²) in [7, 11) is 1.53. The number of hydrogen-bond acceptors (Lipinski definition) is 4. The number of benzene rings is 2. The molecule has 0 aliphatic rings. The molecule has 5 heteroatoms. The standard InChI is InChI=1S/C15H12N2O3/c1-19-12-8-4-3-7-11(12)15(18)16-14-10-6-2-5-9-13(10)20-17-14/h2-9H,1H3,(H,16,17,18). The Morgan fingerprint density at radius 1 is 1.15 bits per heavy atom. The molecule has 0 saturated carbocycles. The summed E-state index contributed by atoms with van der Waals surface area (Å²) in [4.78, 5) is 12.3. The average molecular weight is 268 g/mol. The van der Waals surface area contributed by atoms with Crippen LogP contribution in [0, 0.1) is 0 Å². The van der Waals surface area contributed by atoms with Crippen LogP contribution < -0.4 is 10.1 Å². The fourth-order valence-corrected chi connectivity index (χ4v) is 1.98. The Balaban J connectivity index is 1.93. The van der Waals surface area contributed by atoms with Gasteiger partial charge in [-0.15, -0.1) is 0 Å². The first kappa shape index (κ1) is 12.2. The quantitative estimate of drug-likeness (QED) is 0.792. The summed E-state index contributed by atoms with van der Waals surface area (Å²) >= 11 is 0. The summed E-state index contributed by atoms with van der Waals surface area (Å²) in [5, 5.41) is 7.36. The molecule has 0 fully saturated rings. The van der Waals surface area contributed by atoms with Gasteiger partial charge in [-0.05, 0) is 24.3 Å². The molecule has 0 radical (unpaired) electrons. The Labute approximate surface area is 115 Å². The Morgan fingerprint density at radius 2 is 1.90 bits per heavy atom. The molecule has 1 heterocycles. The van der Waals surface area contributed by atoms with Crippen molar-refractivity contribution in [3.05, 3.63) is 54.1 Å². The number of rotatable bonds is 3. The van der Waals surface area contributed by atoms with Crippen molar-refractivity contribution >= 4 is 22.7 Å². The first-order valence-corrected chi connectivity index (χ1v) is 6.08. The smallest absolute Gasteiger partial charge is 0.260 e. The summed E-state index contributed by atoms with van der Waals surface area (Å²) in [6.07, 6.45) is 0. The Kier molecular flexibility index (Phi) is 3.09. The van der Waals surface area contributed by atoms with E-state index in [2.05, 4.69) is 10.5 Å². The number of carbonyl (C=O) groups is 1. The van der Waals surface area contributed by atoms with Crippen molar-refractivity contribution in [3.63, 3.8) is 0 Å². The largest absolute Gasteiger partial charge is 0.496 e. The van der Waals surface area contributed by atoms with Gasteiger partial charge in [0.05, 0.1) is 18.1 Å². The second-order valence-electron chi connectivity index (χ2n) is 4.18. The van der Waals surface area contributed by atoms with Gasteiger partial charge in [0.25, 0.3) is 5.91 Å². The number of aromatic nitrogens is 1. The van der Waals surface area contributed by atoms with Crippen LogP contribution in [-0.4, -0.2) is 18.2 Å². The minimum atomic E-state index is -0.290. The molecular formula is C15H12N2O3. The van der Waals surface area contributed by atoms with Crippen molar-refractivity contribution in [2.75, 3.05) is 12.4 Å². The molecule has 0 saturated heterocycles. The predicted molar refractivity (Wildman–Crippen MR) is 75.0 cm³/mol. The van der Waals surface area contributed by atoms with E-state index in [9.17, 15) is 4.79 Å². The molecule has 1 N–H and O–H groups in total. The Hall–Kier alpha value is -2.82. The molecule has 3 aromatic rings. The third-order valence-corrected chi connectivity index (χ3v) is 2.96. The molecule has 0 unspecified atom stereocenters. The second kappa shape index (κ2) is 5.05. The van der Waals surface area contributed by atoms with Crippen LogP contribution >= 0.6 is 0 Å². The fourth-order valence-electron chi connectivity index (χ4n) is 1.98. The Bertz CT molecular complexity index is 764. The van der Waals surface area contributed by atoms with Crippen molar-refractivity contribution in [3.8, 4) is 5.75 Å². The van der Waals surface area contributed by atoms with Gasteiger partial charge < -0.3 is 14.6 Å². The highest BCUT2D eigenvalue weighted by atomic mass is 16.5. The van der Waals surface area contributed by atoms with Crippen LogP contribution in [0.1, 0.15) is 10.4 Å². The SMILES string of the molecule is COc1ccccc1C(=O)Nc1noc2ccccc12. The normalized spacial score (nSPS) is 10.4. The van der Waals surface area contributed by atoms with Crippen molar-refractivity contribution < 1.29 is 14.1 Å². The van der Waals surface area contributed by atoms with E-state index in [1.807, 2.05) is 18.2 Å². The van der Waals surface area contributed by atoms with Gasteiger partial charge >= 0.3 is 0 Å². The van der Waals surface area contributed by atoms with E-state index in [1.54, 1.807) is 30.3 Å². The summed E-state index contributed by atoms with van der Waals surface area (Å²) < 4.78 is 10.3. The van der Waals surface area contributed by atoms with Gasteiger partial charge in [0.15, 0.2) is 11.4 Å². The number of carbonyl (C=O) groups excluding carboxylic acids is 1. The lowest BCUT2D eigenvalue weighted by Gasteiger charge is -2.07. The molecule has 20 heavy (non-hydrogen) atoms. The zero-order chi connectivity index (χ0) is 13.9. The summed E-state index contributed by atoms with van der Waals surface area (Å²) in [6, 6.07) is 14.3. The number of nitrogens with zero attached hydrogens (tertiary/aromatic N) is 1. The van der Waals surface area contributed by atoms with E-state index in [-0.39, 0.29) is 5.91 Å². The van der Waals surface area contributed by atoms with Gasteiger partial charge in [-0.25, -0.2) is 0 Å². The van der Waals surface area contributed by atoms with Gasteiger partial charge in [0, 0.05) is 0 Å². The van der Waals surface area contributed by atoms with Gasteiger partial charge in [0.1, 0.15) is 5.75 Å². The number of fused-ring (bicyclic) bond motifs is 1. The molecule has 0 bridgehead atoms. The third kappa shape index (κ3) is 2.09. The fraction of sp³-hybridized carbons (Fsp3) is 0.0667. The maximum atomic E-state index is 12.3. The number of anilines is 1. The highest BCUT2D eigenvalue weighted by Gasteiger charge is 2.15. The first-order chi connectivity index (χ1) is 9.79. The number of amides is 1. The van der Waals surface area contributed by atoms with E-state index in [1.165, 1.54) is 7.11 Å². The van der Waals surface area contributed by atoms with Crippen LogP contribution in [0.2, 0.25) is 0 Å². The third-order valence-electron chi connectivity index (χ3n) is 2.96. The van der Waals surface area contributed by atoms with E-state index in [0.717, 1.165) is 5.39 Å². The molecule has 5 nitrogen and oxygen atoms in total. The second-order valence-corrected chi connectivity index (χ2v) is 4.18. The van der Waals surface area contributed by atoms with E-state index in [4.69, 9.17) is 9.26 Å². The van der Waals surface area contributed by atoms with Crippen LogP contribution in [0.25, 0.3) is 11.0 Å². The molecule has 0 spiro atoms. The van der Waals surface area contributed by atoms with Crippen LogP contribution in [0.4, 0.5) is 5.82 Å². The zero-order valence-corrected chi connectivity index (χ0v) is 10.8. The molecule has 0 atom stereocenters. The van der Waals surface area contributed by atoms with E-state index >= 15 is 0 Å². The number of methoxy groups -OCH3 is 1. The highest BCUT2D eigenvalue weighted by Crippen LogP contribution is 2.24. The molecule has 0 aliphatic carbocycles. The summed E-state index contributed by atoms with van der Waals surface area (Å²) in [5.41, 5.74) is 1.07. The van der Waals surface area contributed by atoms with E-state index < -0.39 is 0 Å². The maximum absolute atomic E-state index is 12.3. The number of ether oxygens (including phenoxy) is 1. The van der Waals surface area contributed by atoms with Crippen LogP contribution in [-0.2, 0) is 0 Å². The van der Waals surface area contributed by atoms with Gasteiger partial charge in [-0.1, -0.05) is 29.4 Å². The highest BCUT2D eigenvalue weighted by molar-refractivity contribution is 6.08. The number of hydrogen-bond donors (Lipinski definition) is 1. The molecule has 1 aromatic heterocycles. The molecular weight excluding hydrogens is 256 g/mol. The summed E-state index contributed by atoms with van der Waals surface area (Å²) in [5.74, 6) is 0.621. The van der Waals surface area contributed by atoms with Crippen molar-refractivity contribution in [2.24, 2.45) is 0 Å². The average Bonchev–Trinajstić information content (AvgIpc) is 2.90. The van der Waals surface area contributed by atoms with Crippen molar-refractivity contribution in [1.82, 2.24) is 5.16 Å². The minimum Gasteiger partial charge on any atom is -0.496 e. The lowest BCUT2D eigenvalue weighted by atomic mass is 10.2. The number of para-hydroxylation sites is 2. The van der Waals surface area contributed by atoms with Crippen LogP contribution in [0.15, 0.2) is 53.1 Å². The first-order valence-electron chi connectivity index (χ1n) is 6.08. The monoisotopic (exact) mass is 268 g/mol. The Morgan fingerprint density at radius 3 is 2.75 bits per heavy atom.